The summed E-state index contributed by atoms with van der Waals surface area (Å²) in [5.41, 5.74) is 5.44. The molecule has 0 aliphatic carbocycles. The van der Waals surface area contributed by atoms with Gasteiger partial charge in [0.15, 0.2) is 0 Å². The van der Waals surface area contributed by atoms with Gasteiger partial charge >= 0.3 is 6.09 Å². The summed E-state index contributed by atoms with van der Waals surface area (Å²) in [5.74, 6) is 0.160. The molecule has 0 aliphatic rings. The van der Waals surface area contributed by atoms with Gasteiger partial charge in [-0.25, -0.2) is 20.2 Å². The van der Waals surface area contributed by atoms with Crippen molar-refractivity contribution in [2.75, 3.05) is 18.1 Å². The van der Waals surface area contributed by atoms with Gasteiger partial charge < -0.3 is 9.64 Å². The van der Waals surface area contributed by atoms with Gasteiger partial charge in [0.2, 0.25) is 11.9 Å². The number of nitrogens with one attached hydrogen (secondary N) is 2. The highest BCUT2D eigenvalue weighted by Gasteiger charge is 2.14. The molecule has 26 heavy (non-hydrogen) atoms. The fraction of sp³-hybridized carbons (Fsp3) is 0.333. The van der Waals surface area contributed by atoms with Gasteiger partial charge in [-0.2, -0.15) is 0 Å². The Bertz CT molecular complexity index is 642. The summed E-state index contributed by atoms with van der Waals surface area (Å²) < 4.78 is 4.90. The van der Waals surface area contributed by atoms with Gasteiger partial charge in [0, 0.05) is 31.0 Å². The Labute approximate surface area is 152 Å². The molecule has 0 radical (unpaired) electrons. The Hall–Kier alpha value is -3.16. The molecule has 1 heterocycles. The normalized spacial score (nSPS) is 10.0. The smallest absolute Gasteiger partial charge is 0.426 e. The first-order valence-electron chi connectivity index (χ1n) is 8.52. The van der Waals surface area contributed by atoms with Crippen molar-refractivity contribution in [2.45, 2.75) is 26.2 Å². The van der Waals surface area contributed by atoms with Crippen molar-refractivity contribution >= 4 is 23.6 Å². The predicted octanol–water partition coefficient (Wildman–Crippen LogP) is 2.56. The average Bonchev–Trinajstić information content (AvgIpc) is 2.68. The van der Waals surface area contributed by atoms with Crippen LogP contribution in [0.3, 0.4) is 0 Å². The van der Waals surface area contributed by atoms with E-state index in [0.29, 0.717) is 19.1 Å². The number of unbranched alkanes of at least 4 members (excludes halogenated alkanes) is 1. The monoisotopic (exact) mass is 357 g/mol. The molecular weight excluding hydrogens is 334 g/mol. The second-order valence-corrected chi connectivity index (χ2v) is 5.45. The number of rotatable bonds is 8. The number of para-hydroxylation sites is 1. The number of carbonyl (C=O) groups excluding carboxylic acids is 2. The van der Waals surface area contributed by atoms with E-state index >= 15 is 0 Å². The van der Waals surface area contributed by atoms with Gasteiger partial charge in [0.05, 0.1) is 6.61 Å². The highest BCUT2D eigenvalue weighted by atomic mass is 16.6. The number of anilines is 2. The van der Waals surface area contributed by atoms with Crippen LogP contribution in [0.1, 0.15) is 26.2 Å². The van der Waals surface area contributed by atoms with Gasteiger partial charge in [-0.1, -0.05) is 31.5 Å². The molecule has 1 aromatic heterocycles. The number of hydrogen-bond acceptors (Lipinski definition) is 6. The first-order chi connectivity index (χ1) is 12.7. The van der Waals surface area contributed by atoms with Crippen molar-refractivity contribution < 1.29 is 14.3 Å². The molecule has 0 saturated heterocycles. The lowest BCUT2D eigenvalue weighted by molar-refractivity contribution is -0.121. The Morgan fingerprint density at radius 2 is 1.81 bits per heavy atom. The van der Waals surface area contributed by atoms with E-state index in [0.717, 1.165) is 18.5 Å². The summed E-state index contributed by atoms with van der Waals surface area (Å²) in [6.07, 6.45) is 4.47. The zero-order valence-corrected chi connectivity index (χ0v) is 14.7. The van der Waals surface area contributed by atoms with Gasteiger partial charge in [-0.05, 0) is 24.6 Å². The van der Waals surface area contributed by atoms with E-state index in [4.69, 9.17) is 4.74 Å². The first-order valence-corrected chi connectivity index (χ1v) is 8.52. The van der Waals surface area contributed by atoms with Crippen LogP contribution in [0, 0.1) is 0 Å². The molecule has 138 valence electrons. The van der Waals surface area contributed by atoms with Gasteiger partial charge in [-0.3, -0.25) is 10.2 Å². The highest BCUT2D eigenvalue weighted by Crippen LogP contribution is 2.21. The number of carbonyl (C=O) groups is 2. The van der Waals surface area contributed by atoms with Crippen LogP contribution in [0.15, 0.2) is 48.8 Å². The third kappa shape index (κ3) is 6.39. The third-order valence-corrected chi connectivity index (χ3v) is 3.46. The molecule has 1 aromatic carbocycles. The Balaban J connectivity index is 1.87. The molecule has 0 aliphatic heterocycles. The molecule has 2 amide bonds. The van der Waals surface area contributed by atoms with Crippen LogP contribution >= 0.6 is 0 Å². The van der Waals surface area contributed by atoms with Crippen molar-refractivity contribution in [3.8, 4) is 0 Å². The fourth-order valence-corrected chi connectivity index (χ4v) is 2.12. The maximum Gasteiger partial charge on any atom is 0.426 e. The zero-order valence-electron chi connectivity index (χ0n) is 14.7. The number of benzene rings is 1. The van der Waals surface area contributed by atoms with E-state index in [1.807, 2.05) is 42.2 Å². The van der Waals surface area contributed by atoms with Crippen molar-refractivity contribution in [3.05, 3.63) is 48.8 Å². The number of hydrazine groups is 1. The largest absolute Gasteiger partial charge is 0.448 e. The molecule has 8 nitrogen and oxygen atoms in total. The topological polar surface area (TPSA) is 96.5 Å². The quantitative estimate of drug-likeness (QED) is 0.557. The fourth-order valence-electron chi connectivity index (χ4n) is 2.12. The molecular formula is C18H23N5O3. The van der Waals surface area contributed by atoms with Crippen LogP contribution in [0.2, 0.25) is 0 Å². The second kappa shape index (κ2) is 10.7. The lowest BCUT2D eigenvalue weighted by Gasteiger charge is -2.22. The van der Waals surface area contributed by atoms with Crippen LogP contribution in [0.25, 0.3) is 0 Å². The molecule has 8 heteroatoms. The van der Waals surface area contributed by atoms with E-state index in [-0.39, 0.29) is 12.3 Å². The summed E-state index contributed by atoms with van der Waals surface area (Å²) in [6.45, 7) is 2.68. The van der Waals surface area contributed by atoms with Gasteiger partial charge in [0.1, 0.15) is 0 Å². The molecule has 0 atom stereocenters. The van der Waals surface area contributed by atoms with Gasteiger partial charge in [-0.15, -0.1) is 0 Å². The maximum absolute atomic E-state index is 12.0. The molecule has 2 N–H and O–H groups in total. The Morgan fingerprint density at radius 1 is 1.08 bits per heavy atom. The SMILES string of the molecule is CCCCOC(=O)NNC(=O)CCN(c1ccccc1)c1ncccn1. The number of aromatic nitrogens is 2. The van der Waals surface area contributed by atoms with E-state index in [9.17, 15) is 9.59 Å². The number of ether oxygens (including phenoxy) is 1. The number of nitrogens with zero attached hydrogens (tertiary/aromatic N) is 3. The van der Waals surface area contributed by atoms with E-state index < -0.39 is 6.09 Å². The Morgan fingerprint density at radius 3 is 2.50 bits per heavy atom. The minimum absolute atomic E-state index is 0.141. The summed E-state index contributed by atoms with van der Waals surface area (Å²) in [4.78, 5) is 33.7. The lowest BCUT2D eigenvalue weighted by Crippen LogP contribution is -2.43. The minimum Gasteiger partial charge on any atom is -0.448 e. The first kappa shape index (κ1) is 19.2. The number of hydrogen-bond donors (Lipinski definition) is 2. The Kier molecular flexibility index (Phi) is 7.85. The molecule has 0 bridgehead atoms. The van der Waals surface area contributed by atoms with E-state index in [1.165, 1.54) is 0 Å². The predicted molar refractivity (Wildman–Crippen MR) is 97.6 cm³/mol. The summed E-state index contributed by atoms with van der Waals surface area (Å²) >= 11 is 0. The summed E-state index contributed by atoms with van der Waals surface area (Å²) in [5, 5.41) is 0. The van der Waals surface area contributed by atoms with E-state index in [2.05, 4.69) is 20.8 Å². The molecule has 0 unspecified atom stereocenters. The molecule has 2 rings (SSSR count). The highest BCUT2D eigenvalue weighted by molar-refractivity contribution is 5.79. The van der Waals surface area contributed by atoms with Crippen LogP contribution in [0.4, 0.5) is 16.4 Å². The number of amides is 2. The standard InChI is InChI=1S/C18H23N5O3/c1-2-3-14-26-18(25)22-21-16(24)10-13-23(15-8-5-4-6-9-15)17-19-11-7-12-20-17/h4-9,11-12H,2-3,10,13-14H2,1H3,(H,21,24)(H,22,25). The second-order valence-electron chi connectivity index (χ2n) is 5.45. The third-order valence-electron chi connectivity index (χ3n) is 3.46. The van der Waals surface area contributed by atoms with Crippen molar-refractivity contribution in [1.29, 1.82) is 0 Å². The summed E-state index contributed by atoms with van der Waals surface area (Å²) in [6, 6.07) is 11.3. The van der Waals surface area contributed by atoms with Crippen molar-refractivity contribution in [3.63, 3.8) is 0 Å². The van der Waals surface area contributed by atoms with Crippen LogP contribution < -0.4 is 15.8 Å². The zero-order chi connectivity index (χ0) is 18.6. The molecule has 0 fully saturated rings. The van der Waals surface area contributed by atoms with Crippen molar-refractivity contribution in [2.24, 2.45) is 0 Å². The minimum atomic E-state index is -0.668. The average molecular weight is 357 g/mol. The van der Waals surface area contributed by atoms with Crippen LogP contribution in [-0.2, 0) is 9.53 Å². The maximum atomic E-state index is 12.0. The van der Waals surface area contributed by atoms with Gasteiger partial charge in [0.25, 0.3) is 0 Å². The summed E-state index contributed by atoms with van der Waals surface area (Å²) in [7, 11) is 0. The molecule has 0 spiro atoms. The van der Waals surface area contributed by atoms with Crippen LogP contribution in [0.5, 0.6) is 0 Å². The van der Waals surface area contributed by atoms with E-state index in [1.54, 1.807) is 18.5 Å². The lowest BCUT2D eigenvalue weighted by atomic mass is 10.2. The van der Waals surface area contributed by atoms with Crippen molar-refractivity contribution in [1.82, 2.24) is 20.8 Å². The molecule has 0 saturated carbocycles. The van der Waals surface area contributed by atoms with Crippen LogP contribution in [-0.4, -0.2) is 35.1 Å². The molecule has 2 aromatic rings.